The van der Waals surface area contributed by atoms with Crippen molar-refractivity contribution in [3.8, 4) is 0 Å². The van der Waals surface area contributed by atoms with Crippen molar-refractivity contribution >= 4 is 16.7 Å². The van der Waals surface area contributed by atoms with E-state index in [0.29, 0.717) is 12.6 Å². The van der Waals surface area contributed by atoms with E-state index in [-0.39, 0.29) is 5.91 Å². The van der Waals surface area contributed by atoms with Gasteiger partial charge in [0.1, 0.15) is 32.7 Å². The van der Waals surface area contributed by atoms with Crippen molar-refractivity contribution in [2.24, 2.45) is 0 Å². The van der Waals surface area contributed by atoms with Gasteiger partial charge in [0, 0.05) is 11.6 Å². The van der Waals surface area contributed by atoms with Crippen LogP contribution in [0, 0.1) is 0 Å². The molecule has 1 heterocycles. The molecule has 0 atom stereocenters. The van der Waals surface area contributed by atoms with E-state index in [4.69, 9.17) is 0 Å². The molecule has 0 bridgehead atoms. The van der Waals surface area contributed by atoms with Gasteiger partial charge in [-0.2, -0.15) is 0 Å². The molecule has 1 aliphatic carbocycles. The minimum Gasteiger partial charge on any atom is -0.348 e. The van der Waals surface area contributed by atoms with Gasteiger partial charge in [-0.3, -0.25) is 4.79 Å². The fourth-order valence-electron chi connectivity index (χ4n) is 4.78. The Morgan fingerprint density at radius 1 is 0.889 bits per heavy atom. The summed E-state index contributed by atoms with van der Waals surface area (Å²) < 4.78 is 0. The highest BCUT2D eigenvalue weighted by atomic mass is 16.2. The van der Waals surface area contributed by atoms with Crippen LogP contribution >= 0.6 is 0 Å². The van der Waals surface area contributed by atoms with E-state index in [2.05, 4.69) is 47.8 Å². The van der Waals surface area contributed by atoms with Crippen LogP contribution in [0.4, 0.5) is 0 Å². The smallest absolute Gasteiger partial charge is 0.275 e. The Bertz CT molecular complexity index is 756. The zero-order chi connectivity index (χ0) is 18.5. The monoisotopic (exact) mass is 367 g/mol. The summed E-state index contributed by atoms with van der Waals surface area (Å²) in [6.07, 6.45) is 6.22. The number of nitrogens with one attached hydrogen (secondary N) is 3. The van der Waals surface area contributed by atoms with Gasteiger partial charge in [-0.05, 0) is 23.6 Å². The van der Waals surface area contributed by atoms with Gasteiger partial charge in [0.05, 0.1) is 0 Å². The Hall–Kier alpha value is -1.91. The third-order valence-electron chi connectivity index (χ3n) is 6.37. The SMILES string of the molecule is O=C(C[NH+]1CC[NH+](Cc2cccc3ccccc23)CC1)NC1CCCCC1. The van der Waals surface area contributed by atoms with Crippen LogP contribution in [0.15, 0.2) is 42.5 Å². The lowest BCUT2D eigenvalue weighted by atomic mass is 9.95. The molecule has 4 heteroatoms. The summed E-state index contributed by atoms with van der Waals surface area (Å²) in [6, 6.07) is 15.8. The summed E-state index contributed by atoms with van der Waals surface area (Å²) in [4.78, 5) is 15.5. The molecule has 27 heavy (non-hydrogen) atoms. The summed E-state index contributed by atoms with van der Waals surface area (Å²) in [6.45, 7) is 6.22. The van der Waals surface area contributed by atoms with Crippen LogP contribution < -0.4 is 15.1 Å². The van der Waals surface area contributed by atoms with E-state index >= 15 is 0 Å². The maximum atomic E-state index is 12.4. The molecule has 1 amide bonds. The number of carbonyl (C=O) groups is 1. The molecule has 0 aromatic heterocycles. The minimum absolute atomic E-state index is 0.259. The number of benzene rings is 2. The van der Waals surface area contributed by atoms with Crippen molar-refractivity contribution in [2.75, 3.05) is 32.7 Å². The van der Waals surface area contributed by atoms with Crippen molar-refractivity contribution in [1.82, 2.24) is 5.32 Å². The Morgan fingerprint density at radius 2 is 1.59 bits per heavy atom. The number of hydrogen-bond donors (Lipinski definition) is 3. The van der Waals surface area contributed by atoms with Crippen LogP contribution in [0.2, 0.25) is 0 Å². The molecule has 0 radical (unpaired) electrons. The van der Waals surface area contributed by atoms with E-state index in [1.54, 1.807) is 4.90 Å². The molecule has 0 unspecified atom stereocenters. The van der Waals surface area contributed by atoms with Crippen LogP contribution in [0.1, 0.15) is 37.7 Å². The summed E-state index contributed by atoms with van der Waals surface area (Å²) >= 11 is 0. The van der Waals surface area contributed by atoms with Crippen molar-refractivity contribution in [2.45, 2.75) is 44.7 Å². The minimum atomic E-state index is 0.259. The van der Waals surface area contributed by atoms with Crippen molar-refractivity contribution in [3.63, 3.8) is 0 Å². The Morgan fingerprint density at radius 3 is 2.41 bits per heavy atom. The second-order valence-corrected chi connectivity index (χ2v) is 8.39. The Kier molecular flexibility index (Phi) is 6.05. The molecule has 144 valence electrons. The molecule has 1 saturated carbocycles. The number of quaternary nitrogens is 2. The van der Waals surface area contributed by atoms with Gasteiger partial charge in [-0.1, -0.05) is 61.7 Å². The molecule has 2 aromatic rings. The van der Waals surface area contributed by atoms with Crippen LogP contribution in [0.5, 0.6) is 0 Å². The molecule has 1 aliphatic heterocycles. The first kappa shape index (κ1) is 18.5. The molecular formula is C23H33N3O+2. The first-order chi connectivity index (χ1) is 13.3. The quantitative estimate of drug-likeness (QED) is 0.710. The lowest BCUT2D eigenvalue weighted by Gasteiger charge is -2.30. The maximum absolute atomic E-state index is 12.4. The summed E-state index contributed by atoms with van der Waals surface area (Å²) in [5.41, 5.74) is 1.45. The highest BCUT2D eigenvalue weighted by Crippen LogP contribution is 2.18. The lowest BCUT2D eigenvalue weighted by Crippen LogP contribution is -3.28. The first-order valence-electron chi connectivity index (χ1n) is 10.7. The molecule has 4 rings (SSSR count). The standard InChI is InChI=1S/C23H31N3O/c27-23(24-21-10-2-1-3-11-21)18-26-15-13-25(14-16-26)17-20-9-6-8-19-7-4-5-12-22(19)20/h4-9,12,21H,1-3,10-11,13-18H2,(H,24,27)/p+2. The van der Waals surface area contributed by atoms with Gasteiger partial charge in [-0.15, -0.1) is 0 Å². The van der Waals surface area contributed by atoms with E-state index in [9.17, 15) is 4.79 Å². The molecule has 1 saturated heterocycles. The fraction of sp³-hybridized carbons (Fsp3) is 0.522. The molecule has 0 spiro atoms. The number of piperazine rings is 1. The molecule has 4 nitrogen and oxygen atoms in total. The summed E-state index contributed by atoms with van der Waals surface area (Å²) in [5, 5.41) is 5.99. The number of hydrogen-bond acceptors (Lipinski definition) is 1. The molecule has 2 fully saturated rings. The van der Waals surface area contributed by atoms with Gasteiger partial charge in [0.15, 0.2) is 6.54 Å². The molecule has 2 aromatic carbocycles. The van der Waals surface area contributed by atoms with Gasteiger partial charge < -0.3 is 15.1 Å². The number of fused-ring (bicyclic) bond motifs is 1. The van der Waals surface area contributed by atoms with Crippen molar-refractivity contribution < 1.29 is 14.6 Å². The normalized spacial score (nSPS) is 24.0. The number of rotatable bonds is 5. The zero-order valence-electron chi connectivity index (χ0n) is 16.3. The lowest BCUT2D eigenvalue weighted by molar-refractivity contribution is -1.02. The number of carbonyl (C=O) groups excluding carboxylic acids is 1. The highest BCUT2D eigenvalue weighted by Gasteiger charge is 2.26. The van der Waals surface area contributed by atoms with E-state index in [0.717, 1.165) is 32.7 Å². The Balaban J connectivity index is 1.25. The van der Waals surface area contributed by atoms with E-state index < -0.39 is 0 Å². The fourth-order valence-corrected chi connectivity index (χ4v) is 4.78. The second-order valence-electron chi connectivity index (χ2n) is 8.39. The zero-order valence-corrected chi connectivity index (χ0v) is 16.3. The number of amides is 1. The molecule has 2 aliphatic rings. The summed E-state index contributed by atoms with van der Waals surface area (Å²) in [7, 11) is 0. The van der Waals surface area contributed by atoms with Crippen LogP contribution in [0.3, 0.4) is 0 Å². The van der Waals surface area contributed by atoms with Crippen molar-refractivity contribution in [1.29, 1.82) is 0 Å². The van der Waals surface area contributed by atoms with Gasteiger partial charge >= 0.3 is 0 Å². The third-order valence-corrected chi connectivity index (χ3v) is 6.37. The van der Waals surface area contributed by atoms with Crippen LogP contribution in [0.25, 0.3) is 10.8 Å². The average Bonchev–Trinajstić information content (AvgIpc) is 2.70. The second kappa shape index (κ2) is 8.85. The van der Waals surface area contributed by atoms with Gasteiger partial charge in [-0.25, -0.2) is 0 Å². The van der Waals surface area contributed by atoms with Gasteiger partial charge in [0.25, 0.3) is 5.91 Å². The Labute approximate surface area is 162 Å². The first-order valence-corrected chi connectivity index (χ1v) is 10.7. The third kappa shape index (κ3) is 4.88. The van der Waals surface area contributed by atoms with Crippen LogP contribution in [-0.2, 0) is 11.3 Å². The topological polar surface area (TPSA) is 38.0 Å². The average molecular weight is 368 g/mol. The molecular weight excluding hydrogens is 334 g/mol. The largest absolute Gasteiger partial charge is 0.348 e. The van der Waals surface area contributed by atoms with Gasteiger partial charge in [0.2, 0.25) is 0 Å². The predicted octanol–water partition coefficient (Wildman–Crippen LogP) is 0.572. The maximum Gasteiger partial charge on any atom is 0.275 e. The van der Waals surface area contributed by atoms with Crippen molar-refractivity contribution in [3.05, 3.63) is 48.0 Å². The highest BCUT2D eigenvalue weighted by molar-refractivity contribution is 5.85. The van der Waals surface area contributed by atoms with Crippen LogP contribution in [-0.4, -0.2) is 44.7 Å². The predicted molar refractivity (Wildman–Crippen MR) is 109 cm³/mol. The summed E-state index contributed by atoms with van der Waals surface area (Å²) in [5.74, 6) is 0.259. The van der Waals surface area contributed by atoms with E-state index in [1.165, 1.54) is 53.3 Å². The molecule has 3 N–H and O–H groups in total. The van der Waals surface area contributed by atoms with E-state index in [1.807, 2.05) is 0 Å².